The summed E-state index contributed by atoms with van der Waals surface area (Å²) >= 11 is 0. The zero-order valence-electron chi connectivity index (χ0n) is 15.0. The van der Waals surface area contributed by atoms with Crippen molar-refractivity contribution in [1.82, 2.24) is 14.5 Å². The van der Waals surface area contributed by atoms with E-state index in [1.54, 1.807) is 24.5 Å². The second-order valence-electron chi connectivity index (χ2n) is 6.16. The molecule has 28 heavy (non-hydrogen) atoms. The molecule has 1 amide bonds. The van der Waals surface area contributed by atoms with Crippen LogP contribution in [0.5, 0.6) is 11.6 Å². The molecule has 0 aliphatic carbocycles. The second kappa shape index (κ2) is 8.18. The Hall–Kier alpha value is -3.93. The molecule has 0 saturated carbocycles. The molecular formula is C22H18N4O2. The summed E-state index contributed by atoms with van der Waals surface area (Å²) in [4.78, 5) is 20.4. The van der Waals surface area contributed by atoms with Crippen LogP contribution in [0.25, 0.3) is 5.69 Å². The number of hydrogen-bond acceptors (Lipinski definition) is 4. The smallest absolute Gasteiger partial charge is 0.237 e. The fraction of sp³-hybridized carbons (Fsp3) is 0.0455. The zero-order valence-corrected chi connectivity index (χ0v) is 15.0. The molecule has 6 nitrogen and oxygen atoms in total. The Morgan fingerprint density at radius 1 is 1.00 bits per heavy atom. The van der Waals surface area contributed by atoms with Crippen LogP contribution in [-0.4, -0.2) is 20.4 Å². The average molecular weight is 370 g/mol. The van der Waals surface area contributed by atoms with Crippen molar-refractivity contribution in [3.8, 4) is 17.3 Å². The van der Waals surface area contributed by atoms with Gasteiger partial charge in [0.25, 0.3) is 0 Å². The number of benzene rings is 2. The number of amides is 1. The van der Waals surface area contributed by atoms with Crippen LogP contribution in [0.3, 0.4) is 0 Å². The molecular weight excluding hydrogens is 352 g/mol. The van der Waals surface area contributed by atoms with E-state index >= 15 is 0 Å². The van der Waals surface area contributed by atoms with Gasteiger partial charge in [0.05, 0.1) is 12.6 Å². The maximum Gasteiger partial charge on any atom is 0.237 e. The highest BCUT2D eigenvalue weighted by molar-refractivity contribution is 5.92. The van der Waals surface area contributed by atoms with Gasteiger partial charge in [-0.05, 0) is 42.0 Å². The van der Waals surface area contributed by atoms with Gasteiger partial charge in [-0.3, -0.25) is 9.78 Å². The van der Waals surface area contributed by atoms with Gasteiger partial charge in [0.1, 0.15) is 5.75 Å². The number of carbonyl (C=O) groups excluding carboxylic acids is 1. The number of ether oxygens (including phenoxy) is 1. The fourth-order valence-corrected chi connectivity index (χ4v) is 2.78. The Morgan fingerprint density at radius 2 is 1.82 bits per heavy atom. The molecule has 0 saturated heterocycles. The normalized spacial score (nSPS) is 10.4. The molecule has 0 unspecified atom stereocenters. The number of aromatic nitrogens is 3. The largest absolute Gasteiger partial charge is 0.437 e. The summed E-state index contributed by atoms with van der Waals surface area (Å²) in [5.74, 6) is 0.883. The van der Waals surface area contributed by atoms with Gasteiger partial charge in [-0.2, -0.15) is 0 Å². The van der Waals surface area contributed by atoms with Crippen molar-refractivity contribution in [1.29, 1.82) is 0 Å². The number of nitrogens with zero attached hydrogens (tertiary/aromatic N) is 3. The Balaban J connectivity index is 1.38. The van der Waals surface area contributed by atoms with Crippen LogP contribution in [-0.2, 0) is 11.2 Å². The van der Waals surface area contributed by atoms with Crippen molar-refractivity contribution in [2.45, 2.75) is 6.42 Å². The highest BCUT2D eigenvalue weighted by Gasteiger charge is 2.06. The van der Waals surface area contributed by atoms with E-state index in [-0.39, 0.29) is 5.91 Å². The van der Waals surface area contributed by atoms with Crippen LogP contribution in [0.15, 0.2) is 91.6 Å². The topological polar surface area (TPSA) is 69.0 Å². The Labute approximate surface area is 162 Å². The van der Waals surface area contributed by atoms with E-state index < -0.39 is 0 Å². The van der Waals surface area contributed by atoms with Gasteiger partial charge < -0.3 is 14.6 Å². The average Bonchev–Trinajstić information content (AvgIpc) is 3.24. The minimum atomic E-state index is -0.0923. The number of nitrogens with one attached hydrogen (secondary N) is 1. The van der Waals surface area contributed by atoms with Gasteiger partial charge >= 0.3 is 0 Å². The second-order valence-corrected chi connectivity index (χ2v) is 6.16. The molecule has 0 radical (unpaired) electrons. The molecule has 4 rings (SSSR count). The highest BCUT2D eigenvalue weighted by atomic mass is 16.5. The Morgan fingerprint density at radius 3 is 2.57 bits per heavy atom. The van der Waals surface area contributed by atoms with Crippen molar-refractivity contribution >= 4 is 11.6 Å². The Bertz CT molecular complexity index is 1050. The van der Waals surface area contributed by atoms with Crippen molar-refractivity contribution < 1.29 is 9.53 Å². The van der Waals surface area contributed by atoms with Crippen LogP contribution in [0.4, 0.5) is 5.69 Å². The van der Waals surface area contributed by atoms with E-state index in [0.29, 0.717) is 23.7 Å². The maximum atomic E-state index is 12.4. The first-order valence-electron chi connectivity index (χ1n) is 8.82. The third-order valence-corrected chi connectivity index (χ3v) is 4.08. The van der Waals surface area contributed by atoms with Crippen LogP contribution >= 0.6 is 0 Å². The lowest BCUT2D eigenvalue weighted by atomic mass is 10.1. The minimum absolute atomic E-state index is 0.0923. The molecule has 0 atom stereocenters. The van der Waals surface area contributed by atoms with Gasteiger partial charge in [-0.25, -0.2) is 4.98 Å². The van der Waals surface area contributed by atoms with Crippen molar-refractivity contribution in [2.24, 2.45) is 0 Å². The first-order valence-corrected chi connectivity index (χ1v) is 8.82. The minimum Gasteiger partial charge on any atom is -0.437 e. The molecule has 0 aliphatic rings. The van der Waals surface area contributed by atoms with Crippen LogP contribution < -0.4 is 10.1 Å². The summed E-state index contributed by atoms with van der Waals surface area (Å²) < 4.78 is 7.66. The lowest BCUT2D eigenvalue weighted by Crippen LogP contribution is -2.14. The maximum absolute atomic E-state index is 12.4. The SMILES string of the molecule is O=C(Cc1ccc(-n2cccc2)cc1)Nc1cccc(Oc2cnccn2)c1. The van der Waals surface area contributed by atoms with Crippen LogP contribution in [0, 0.1) is 0 Å². The number of rotatable bonds is 6. The third-order valence-electron chi connectivity index (χ3n) is 4.08. The number of carbonyl (C=O) groups is 1. The quantitative estimate of drug-likeness (QED) is 0.551. The van der Waals surface area contributed by atoms with Crippen molar-refractivity contribution in [2.75, 3.05) is 5.32 Å². The van der Waals surface area contributed by atoms with E-state index in [4.69, 9.17) is 4.74 Å². The lowest BCUT2D eigenvalue weighted by molar-refractivity contribution is -0.115. The molecule has 1 N–H and O–H groups in total. The molecule has 0 bridgehead atoms. The van der Waals surface area contributed by atoms with E-state index in [9.17, 15) is 4.79 Å². The van der Waals surface area contributed by atoms with Gasteiger partial charge in [0, 0.05) is 42.2 Å². The van der Waals surface area contributed by atoms with Crippen molar-refractivity contribution in [3.63, 3.8) is 0 Å². The third kappa shape index (κ3) is 4.42. The van der Waals surface area contributed by atoms with E-state index in [2.05, 4.69) is 15.3 Å². The Kier molecular flexibility index (Phi) is 5.11. The predicted molar refractivity (Wildman–Crippen MR) is 107 cm³/mol. The molecule has 0 aliphatic heterocycles. The molecule has 0 spiro atoms. The van der Waals surface area contributed by atoms with Gasteiger partial charge in [0.2, 0.25) is 11.8 Å². The first kappa shape index (κ1) is 17.5. The molecule has 2 heterocycles. The van der Waals surface area contributed by atoms with E-state index in [1.807, 2.05) is 65.5 Å². The summed E-state index contributed by atoms with van der Waals surface area (Å²) in [6.45, 7) is 0. The lowest BCUT2D eigenvalue weighted by Gasteiger charge is -2.09. The van der Waals surface area contributed by atoms with Crippen LogP contribution in [0.2, 0.25) is 0 Å². The van der Waals surface area contributed by atoms with Crippen LogP contribution in [0.1, 0.15) is 5.56 Å². The van der Waals surface area contributed by atoms with Gasteiger partial charge in [0.15, 0.2) is 0 Å². The fourth-order valence-electron chi connectivity index (χ4n) is 2.78. The molecule has 6 heteroatoms. The molecule has 0 fully saturated rings. The standard InChI is InChI=1S/C22H18N4O2/c27-21(14-17-6-8-19(9-7-17)26-12-1-2-13-26)25-18-4-3-5-20(15-18)28-22-16-23-10-11-24-22/h1-13,15-16H,14H2,(H,25,27). The summed E-state index contributed by atoms with van der Waals surface area (Å²) in [5, 5.41) is 2.90. The first-order chi connectivity index (χ1) is 13.8. The summed E-state index contributed by atoms with van der Waals surface area (Å²) in [6, 6.07) is 19.0. The highest BCUT2D eigenvalue weighted by Crippen LogP contribution is 2.22. The summed E-state index contributed by atoms with van der Waals surface area (Å²) in [7, 11) is 0. The monoisotopic (exact) mass is 370 g/mol. The summed E-state index contributed by atoms with van der Waals surface area (Å²) in [5.41, 5.74) is 2.67. The summed E-state index contributed by atoms with van der Waals surface area (Å²) in [6.07, 6.45) is 8.93. The van der Waals surface area contributed by atoms with E-state index in [0.717, 1.165) is 11.3 Å². The van der Waals surface area contributed by atoms with Gasteiger partial charge in [-0.15, -0.1) is 0 Å². The zero-order chi connectivity index (χ0) is 19.2. The van der Waals surface area contributed by atoms with Gasteiger partial charge in [-0.1, -0.05) is 18.2 Å². The molecule has 2 aromatic heterocycles. The molecule has 2 aromatic carbocycles. The predicted octanol–water partition coefficient (Wildman–Crippen LogP) is 4.24. The number of hydrogen-bond donors (Lipinski definition) is 1. The van der Waals surface area contributed by atoms with Crippen molar-refractivity contribution in [3.05, 3.63) is 97.2 Å². The van der Waals surface area contributed by atoms with E-state index in [1.165, 1.54) is 6.20 Å². The number of anilines is 1. The molecule has 4 aromatic rings. The molecule has 138 valence electrons.